The van der Waals surface area contributed by atoms with Gasteiger partial charge in [-0.3, -0.25) is 0 Å². The summed E-state index contributed by atoms with van der Waals surface area (Å²) in [5.74, 6) is 1.02. The Morgan fingerprint density at radius 2 is 1.30 bits per heavy atom. The van der Waals surface area contributed by atoms with E-state index in [0.717, 1.165) is 25.3 Å². The van der Waals surface area contributed by atoms with E-state index in [2.05, 4.69) is 12.6 Å². The van der Waals surface area contributed by atoms with E-state index in [1.165, 1.54) is 51.4 Å². The van der Waals surface area contributed by atoms with Crippen LogP contribution in [-0.4, -0.2) is 36.4 Å². The highest BCUT2D eigenvalue weighted by Gasteiger charge is 2.09. The summed E-state index contributed by atoms with van der Waals surface area (Å²) in [5.41, 5.74) is 0. The third-order valence-electron chi connectivity index (χ3n) is 3.55. The van der Waals surface area contributed by atoms with Gasteiger partial charge < -0.3 is 9.64 Å². The molecule has 0 heterocycles. The van der Waals surface area contributed by atoms with E-state index >= 15 is 0 Å². The first-order valence-electron chi connectivity index (χ1n) is 8.28. The molecule has 0 N–H and O–H groups in total. The highest BCUT2D eigenvalue weighted by molar-refractivity contribution is 7.80. The van der Waals surface area contributed by atoms with Crippen LogP contribution in [0.1, 0.15) is 71.6 Å². The van der Waals surface area contributed by atoms with Crippen LogP contribution in [0, 0.1) is 0 Å². The highest BCUT2D eigenvalue weighted by atomic mass is 32.1. The molecule has 20 heavy (non-hydrogen) atoms. The van der Waals surface area contributed by atoms with Crippen LogP contribution in [-0.2, 0) is 4.74 Å². The molecule has 120 valence electrons. The Kier molecular flexibility index (Phi) is 14.7. The molecule has 0 aromatic heterocycles. The number of hydrogen-bond donors (Lipinski definition) is 1. The van der Waals surface area contributed by atoms with Crippen molar-refractivity contribution in [1.29, 1.82) is 0 Å². The number of thiol groups is 1. The molecule has 0 radical (unpaired) electrons. The van der Waals surface area contributed by atoms with Gasteiger partial charge in [0, 0.05) is 13.1 Å². The second-order valence-corrected chi connectivity index (χ2v) is 5.64. The molecule has 0 aliphatic rings. The molecule has 0 bridgehead atoms. The number of unbranched alkanes of at least 4 members (excludes halogenated alkanes) is 8. The summed E-state index contributed by atoms with van der Waals surface area (Å²) in [5, 5.41) is 0. The number of carbonyl (C=O) groups is 1. The lowest BCUT2D eigenvalue weighted by Crippen LogP contribution is -2.31. The Hall–Kier alpha value is -0.380. The number of hydrogen-bond acceptors (Lipinski definition) is 3. The van der Waals surface area contributed by atoms with Crippen molar-refractivity contribution < 1.29 is 9.53 Å². The number of nitrogens with zero attached hydrogens (tertiary/aromatic N) is 1. The van der Waals surface area contributed by atoms with E-state index in [1.807, 2.05) is 13.8 Å². The van der Waals surface area contributed by atoms with Crippen LogP contribution in [0.4, 0.5) is 4.79 Å². The first-order valence-corrected chi connectivity index (χ1v) is 8.92. The maximum Gasteiger partial charge on any atom is 0.409 e. The maximum absolute atomic E-state index is 11.6. The van der Waals surface area contributed by atoms with E-state index in [-0.39, 0.29) is 6.09 Å². The van der Waals surface area contributed by atoms with Gasteiger partial charge in [-0.15, -0.1) is 0 Å². The summed E-state index contributed by atoms with van der Waals surface area (Å²) in [6.07, 6.45) is 11.2. The Balaban J connectivity index is 3.22. The van der Waals surface area contributed by atoms with Gasteiger partial charge in [-0.05, 0) is 32.4 Å². The van der Waals surface area contributed by atoms with Crippen molar-refractivity contribution in [3.05, 3.63) is 0 Å². The van der Waals surface area contributed by atoms with E-state index in [4.69, 9.17) is 4.74 Å². The lowest BCUT2D eigenvalue weighted by Gasteiger charge is -2.17. The quantitative estimate of drug-likeness (QED) is 0.387. The van der Waals surface area contributed by atoms with Crippen molar-refractivity contribution >= 4 is 18.7 Å². The summed E-state index contributed by atoms with van der Waals surface area (Å²) in [7, 11) is 0. The van der Waals surface area contributed by atoms with E-state index < -0.39 is 0 Å². The van der Waals surface area contributed by atoms with Crippen molar-refractivity contribution in [2.45, 2.75) is 71.6 Å². The molecule has 1 amide bonds. The summed E-state index contributed by atoms with van der Waals surface area (Å²) >= 11 is 4.21. The molecule has 0 unspecified atom stereocenters. The standard InChI is InChI=1S/C16H33NO2S/c1-3-17(4-2)16(18)19-14-12-10-8-6-5-7-9-11-13-15-20/h20H,3-15H2,1-2H3. The van der Waals surface area contributed by atoms with Crippen LogP contribution in [0.3, 0.4) is 0 Å². The second-order valence-electron chi connectivity index (χ2n) is 5.19. The zero-order valence-electron chi connectivity index (χ0n) is 13.4. The van der Waals surface area contributed by atoms with Crippen LogP contribution in [0.25, 0.3) is 0 Å². The third kappa shape index (κ3) is 11.4. The molecule has 0 spiro atoms. The van der Waals surface area contributed by atoms with Crippen LogP contribution in [0.15, 0.2) is 0 Å². The molecular weight excluding hydrogens is 270 g/mol. The van der Waals surface area contributed by atoms with Gasteiger partial charge in [0.15, 0.2) is 0 Å². The normalized spacial score (nSPS) is 10.6. The lowest BCUT2D eigenvalue weighted by atomic mass is 10.1. The minimum absolute atomic E-state index is 0.167. The molecular formula is C16H33NO2S. The molecule has 0 aromatic rings. The Morgan fingerprint density at radius 3 is 1.75 bits per heavy atom. The molecule has 4 heteroatoms. The topological polar surface area (TPSA) is 29.5 Å². The minimum Gasteiger partial charge on any atom is -0.449 e. The third-order valence-corrected chi connectivity index (χ3v) is 3.87. The Labute approximate surface area is 130 Å². The molecule has 0 fully saturated rings. The van der Waals surface area contributed by atoms with Gasteiger partial charge in [0.1, 0.15) is 0 Å². The smallest absolute Gasteiger partial charge is 0.409 e. The first kappa shape index (κ1) is 19.6. The fourth-order valence-corrected chi connectivity index (χ4v) is 2.41. The molecule has 0 saturated heterocycles. The Bertz CT molecular complexity index is 221. The average Bonchev–Trinajstić information content (AvgIpc) is 2.46. The Morgan fingerprint density at radius 1 is 0.850 bits per heavy atom. The predicted molar refractivity (Wildman–Crippen MR) is 89.7 cm³/mol. The highest BCUT2D eigenvalue weighted by Crippen LogP contribution is 2.10. The number of carbonyl (C=O) groups excluding carboxylic acids is 1. The predicted octanol–water partition coefficient (Wildman–Crippen LogP) is 4.91. The van der Waals surface area contributed by atoms with E-state index in [9.17, 15) is 4.79 Å². The molecule has 0 aromatic carbocycles. The molecule has 0 rings (SSSR count). The number of ether oxygens (including phenoxy) is 1. The molecule has 0 aliphatic carbocycles. The fourth-order valence-electron chi connectivity index (χ4n) is 2.18. The van der Waals surface area contributed by atoms with Crippen molar-refractivity contribution in [2.24, 2.45) is 0 Å². The number of rotatable bonds is 13. The summed E-state index contributed by atoms with van der Waals surface area (Å²) in [6, 6.07) is 0. The summed E-state index contributed by atoms with van der Waals surface area (Å²) in [6.45, 7) is 5.96. The van der Waals surface area contributed by atoms with Gasteiger partial charge in [-0.25, -0.2) is 4.79 Å². The van der Waals surface area contributed by atoms with Gasteiger partial charge in [0.2, 0.25) is 0 Å². The average molecular weight is 304 g/mol. The van der Waals surface area contributed by atoms with E-state index in [1.54, 1.807) is 4.90 Å². The van der Waals surface area contributed by atoms with Gasteiger partial charge >= 0.3 is 6.09 Å². The van der Waals surface area contributed by atoms with Gasteiger partial charge in [0.05, 0.1) is 6.61 Å². The van der Waals surface area contributed by atoms with Gasteiger partial charge in [-0.1, -0.05) is 44.9 Å². The van der Waals surface area contributed by atoms with Crippen molar-refractivity contribution in [3.8, 4) is 0 Å². The first-order chi connectivity index (χ1) is 9.76. The van der Waals surface area contributed by atoms with Crippen LogP contribution < -0.4 is 0 Å². The summed E-state index contributed by atoms with van der Waals surface area (Å²) < 4.78 is 5.24. The minimum atomic E-state index is -0.167. The SMILES string of the molecule is CCN(CC)C(=O)OCCCCCCCCCCCS. The van der Waals surface area contributed by atoms with Crippen LogP contribution in [0.5, 0.6) is 0 Å². The van der Waals surface area contributed by atoms with Crippen molar-refractivity contribution in [3.63, 3.8) is 0 Å². The number of amides is 1. The molecule has 0 aliphatic heterocycles. The largest absolute Gasteiger partial charge is 0.449 e. The fraction of sp³-hybridized carbons (Fsp3) is 0.938. The van der Waals surface area contributed by atoms with Crippen molar-refractivity contribution in [1.82, 2.24) is 4.90 Å². The van der Waals surface area contributed by atoms with Crippen molar-refractivity contribution in [2.75, 3.05) is 25.4 Å². The van der Waals surface area contributed by atoms with Gasteiger partial charge in [-0.2, -0.15) is 12.6 Å². The van der Waals surface area contributed by atoms with E-state index in [0.29, 0.717) is 6.61 Å². The molecule has 3 nitrogen and oxygen atoms in total. The second kappa shape index (κ2) is 15.0. The zero-order chi connectivity index (χ0) is 15.1. The maximum atomic E-state index is 11.6. The lowest BCUT2D eigenvalue weighted by molar-refractivity contribution is 0.104. The molecule has 0 saturated carbocycles. The monoisotopic (exact) mass is 303 g/mol. The zero-order valence-corrected chi connectivity index (χ0v) is 14.3. The van der Waals surface area contributed by atoms with Crippen LogP contribution >= 0.6 is 12.6 Å². The molecule has 0 atom stereocenters. The van der Waals surface area contributed by atoms with Gasteiger partial charge in [0.25, 0.3) is 0 Å². The van der Waals surface area contributed by atoms with Crippen LogP contribution in [0.2, 0.25) is 0 Å². The summed E-state index contributed by atoms with van der Waals surface area (Å²) in [4.78, 5) is 13.3.